The summed E-state index contributed by atoms with van der Waals surface area (Å²) in [6.07, 6.45) is -5.43. The van der Waals surface area contributed by atoms with Gasteiger partial charge in [0.05, 0.1) is 23.8 Å². The van der Waals surface area contributed by atoms with Gasteiger partial charge < -0.3 is 15.0 Å². The van der Waals surface area contributed by atoms with Crippen LogP contribution in [0.1, 0.15) is 31.0 Å². The molecule has 1 heterocycles. The first kappa shape index (κ1) is 19.7. The average Bonchev–Trinajstić information content (AvgIpc) is 2.66. The Hall–Kier alpha value is -3.03. The minimum Gasteiger partial charge on any atom is -0.477 e. The molecule has 0 fully saturated rings. The second-order valence-electron chi connectivity index (χ2n) is 6.56. The molecule has 0 aromatic heterocycles. The summed E-state index contributed by atoms with van der Waals surface area (Å²) in [6.45, 7) is 3.00. The van der Waals surface area contributed by atoms with Crippen molar-refractivity contribution in [3.63, 3.8) is 0 Å². The van der Waals surface area contributed by atoms with Gasteiger partial charge in [-0.1, -0.05) is 24.3 Å². The lowest BCUT2D eigenvalue weighted by Crippen LogP contribution is -2.50. The molecule has 0 radical (unpaired) electrons. The molecule has 3 rings (SSSR count). The summed E-state index contributed by atoms with van der Waals surface area (Å²) in [6, 6.07) is 11.0. The van der Waals surface area contributed by atoms with E-state index in [4.69, 9.17) is 4.74 Å². The SMILES string of the molecule is CC(=O)N1CC(C(=O)NC(C)c2cccc(C(F)(F)F)c2)Oc2ccccc21. The maximum absolute atomic E-state index is 12.9. The van der Waals surface area contributed by atoms with E-state index in [1.165, 1.54) is 24.0 Å². The van der Waals surface area contributed by atoms with E-state index in [1.54, 1.807) is 31.2 Å². The van der Waals surface area contributed by atoms with Crippen molar-refractivity contribution < 1.29 is 27.5 Å². The fourth-order valence-corrected chi connectivity index (χ4v) is 3.04. The van der Waals surface area contributed by atoms with Gasteiger partial charge in [0.25, 0.3) is 5.91 Å². The Labute approximate surface area is 160 Å². The van der Waals surface area contributed by atoms with Crippen molar-refractivity contribution in [2.24, 2.45) is 0 Å². The Balaban J connectivity index is 1.76. The smallest absolute Gasteiger partial charge is 0.416 e. The molecule has 2 atom stereocenters. The topological polar surface area (TPSA) is 58.6 Å². The van der Waals surface area contributed by atoms with Crippen LogP contribution in [0.3, 0.4) is 0 Å². The number of fused-ring (bicyclic) bond motifs is 1. The predicted molar refractivity (Wildman–Crippen MR) is 96.9 cm³/mol. The van der Waals surface area contributed by atoms with Gasteiger partial charge in [-0.3, -0.25) is 9.59 Å². The number of carbonyl (C=O) groups is 2. The average molecular weight is 392 g/mol. The van der Waals surface area contributed by atoms with Gasteiger partial charge in [0.15, 0.2) is 6.10 Å². The standard InChI is InChI=1S/C20H19F3N2O3/c1-12(14-6-5-7-15(10-14)20(21,22)23)24-19(27)18-11-25(13(2)26)16-8-3-4-9-17(16)28-18/h3-10,12,18H,11H2,1-2H3,(H,24,27). The minimum atomic E-state index is -4.46. The number of alkyl halides is 3. The van der Waals surface area contributed by atoms with Crippen molar-refractivity contribution in [1.82, 2.24) is 5.32 Å². The first-order chi connectivity index (χ1) is 13.2. The Morgan fingerprint density at radius 3 is 2.57 bits per heavy atom. The van der Waals surface area contributed by atoms with Crippen molar-refractivity contribution in [3.05, 3.63) is 59.7 Å². The number of nitrogens with one attached hydrogen (secondary N) is 1. The van der Waals surface area contributed by atoms with Crippen LogP contribution in [0, 0.1) is 0 Å². The number of benzene rings is 2. The number of carbonyl (C=O) groups excluding carboxylic acids is 2. The van der Waals surface area contributed by atoms with E-state index in [0.29, 0.717) is 17.0 Å². The van der Waals surface area contributed by atoms with Crippen LogP contribution in [-0.2, 0) is 15.8 Å². The first-order valence-electron chi connectivity index (χ1n) is 8.68. The number of amides is 2. The molecule has 5 nitrogen and oxygen atoms in total. The minimum absolute atomic E-state index is 0.0213. The monoisotopic (exact) mass is 392 g/mol. The van der Waals surface area contributed by atoms with E-state index in [9.17, 15) is 22.8 Å². The molecule has 2 aromatic rings. The van der Waals surface area contributed by atoms with Crippen molar-refractivity contribution in [1.29, 1.82) is 0 Å². The van der Waals surface area contributed by atoms with Crippen molar-refractivity contribution in [2.45, 2.75) is 32.2 Å². The number of rotatable bonds is 3. The fraction of sp³-hybridized carbons (Fsp3) is 0.300. The highest BCUT2D eigenvalue weighted by Gasteiger charge is 2.34. The van der Waals surface area contributed by atoms with E-state index in [1.807, 2.05) is 0 Å². The number of hydrogen-bond acceptors (Lipinski definition) is 3. The maximum atomic E-state index is 12.9. The summed E-state index contributed by atoms with van der Waals surface area (Å²) in [5.74, 6) is -0.346. The van der Waals surface area contributed by atoms with Gasteiger partial charge in [-0.25, -0.2) is 0 Å². The van der Waals surface area contributed by atoms with Gasteiger partial charge in [-0.05, 0) is 36.8 Å². The molecule has 2 aromatic carbocycles. The van der Waals surface area contributed by atoms with E-state index in [-0.39, 0.29) is 12.5 Å². The number of hydrogen-bond donors (Lipinski definition) is 1. The lowest BCUT2D eigenvalue weighted by molar-refractivity contribution is -0.137. The molecule has 28 heavy (non-hydrogen) atoms. The van der Waals surface area contributed by atoms with Gasteiger partial charge in [0, 0.05) is 6.92 Å². The second-order valence-corrected chi connectivity index (χ2v) is 6.56. The molecular weight excluding hydrogens is 373 g/mol. The summed E-state index contributed by atoms with van der Waals surface area (Å²) in [5, 5.41) is 2.67. The van der Waals surface area contributed by atoms with Crippen LogP contribution in [0.15, 0.2) is 48.5 Å². The molecule has 1 aliphatic rings. The third-order valence-electron chi connectivity index (χ3n) is 4.52. The van der Waals surface area contributed by atoms with Gasteiger partial charge in [-0.2, -0.15) is 13.2 Å². The van der Waals surface area contributed by atoms with Crippen molar-refractivity contribution >= 4 is 17.5 Å². The zero-order valence-electron chi connectivity index (χ0n) is 15.3. The molecule has 0 saturated heterocycles. The number of ether oxygens (including phenoxy) is 1. The summed E-state index contributed by atoms with van der Waals surface area (Å²) in [5.41, 5.74) is 0.115. The van der Waals surface area contributed by atoms with E-state index < -0.39 is 29.8 Å². The quantitative estimate of drug-likeness (QED) is 0.867. The van der Waals surface area contributed by atoms with Crippen molar-refractivity contribution in [3.8, 4) is 5.75 Å². The highest BCUT2D eigenvalue weighted by molar-refractivity contribution is 5.95. The molecular formula is C20H19F3N2O3. The van der Waals surface area contributed by atoms with Gasteiger partial charge >= 0.3 is 6.18 Å². The van der Waals surface area contributed by atoms with E-state index in [0.717, 1.165) is 12.1 Å². The summed E-state index contributed by atoms with van der Waals surface area (Å²) < 4.78 is 44.4. The predicted octanol–water partition coefficient (Wildman–Crippen LogP) is 3.70. The van der Waals surface area contributed by atoms with Gasteiger partial charge in [0.2, 0.25) is 5.91 Å². The first-order valence-corrected chi connectivity index (χ1v) is 8.68. The maximum Gasteiger partial charge on any atom is 0.416 e. The number of anilines is 1. The van der Waals surface area contributed by atoms with Crippen LogP contribution in [-0.4, -0.2) is 24.5 Å². The molecule has 1 N–H and O–H groups in total. The molecule has 0 spiro atoms. The number of para-hydroxylation sites is 2. The third kappa shape index (κ3) is 4.11. The summed E-state index contributed by atoms with van der Waals surface area (Å²) >= 11 is 0. The van der Waals surface area contributed by atoms with Crippen LogP contribution in [0.5, 0.6) is 5.75 Å². The normalized spacial score (nSPS) is 17.3. The molecule has 0 saturated carbocycles. The molecule has 8 heteroatoms. The van der Waals surface area contributed by atoms with E-state index in [2.05, 4.69) is 5.32 Å². The molecule has 1 aliphatic heterocycles. The Morgan fingerprint density at radius 2 is 1.89 bits per heavy atom. The largest absolute Gasteiger partial charge is 0.477 e. The third-order valence-corrected chi connectivity index (χ3v) is 4.52. The Morgan fingerprint density at radius 1 is 1.18 bits per heavy atom. The zero-order chi connectivity index (χ0) is 20.5. The van der Waals surface area contributed by atoms with Crippen LogP contribution in [0.4, 0.5) is 18.9 Å². The lowest BCUT2D eigenvalue weighted by Gasteiger charge is -2.34. The number of halogens is 3. The lowest BCUT2D eigenvalue weighted by atomic mass is 10.0. The Kier molecular flexibility index (Phi) is 5.31. The fourth-order valence-electron chi connectivity index (χ4n) is 3.04. The Bertz CT molecular complexity index is 898. The molecule has 2 unspecified atom stereocenters. The highest BCUT2D eigenvalue weighted by atomic mass is 19.4. The van der Waals surface area contributed by atoms with Crippen LogP contribution in [0.2, 0.25) is 0 Å². The molecule has 0 aliphatic carbocycles. The van der Waals surface area contributed by atoms with Crippen LogP contribution >= 0.6 is 0 Å². The molecule has 0 bridgehead atoms. The summed E-state index contributed by atoms with van der Waals surface area (Å²) in [7, 11) is 0. The van der Waals surface area contributed by atoms with Gasteiger partial charge in [-0.15, -0.1) is 0 Å². The second kappa shape index (κ2) is 7.53. The summed E-state index contributed by atoms with van der Waals surface area (Å²) in [4.78, 5) is 26.0. The zero-order valence-corrected chi connectivity index (χ0v) is 15.3. The van der Waals surface area contributed by atoms with Gasteiger partial charge in [0.1, 0.15) is 5.75 Å². The number of nitrogens with zero attached hydrogens (tertiary/aromatic N) is 1. The van der Waals surface area contributed by atoms with Crippen LogP contribution < -0.4 is 15.0 Å². The van der Waals surface area contributed by atoms with E-state index >= 15 is 0 Å². The molecule has 2 amide bonds. The highest BCUT2D eigenvalue weighted by Crippen LogP contribution is 2.34. The molecule has 148 valence electrons. The van der Waals surface area contributed by atoms with Crippen molar-refractivity contribution in [2.75, 3.05) is 11.4 Å². The van der Waals surface area contributed by atoms with Crippen LogP contribution in [0.25, 0.3) is 0 Å².